The van der Waals surface area contributed by atoms with E-state index in [0.717, 1.165) is 17.1 Å². The van der Waals surface area contributed by atoms with E-state index in [1.165, 1.54) is 14.8 Å². The lowest BCUT2D eigenvalue weighted by molar-refractivity contribution is -0.145. The summed E-state index contributed by atoms with van der Waals surface area (Å²) in [6, 6.07) is -2.85. The quantitative estimate of drug-likeness (QED) is 0.316. The van der Waals surface area contributed by atoms with E-state index >= 15 is 0 Å². The van der Waals surface area contributed by atoms with Crippen molar-refractivity contribution >= 4 is 37.2 Å². The first-order valence-corrected chi connectivity index (χ1v) is 7.96. The maximum atomic E-state index is 12.5. The highest BCUT2D eigenvalue weighted by Gasteiger charge is 2.37. The van der Waals surface area contributed by atoms with Crippen molar-refractivity contribution in [1.82, 2.24) is 15.5 Å². The lowest BCUT2D eigenvalue weighted by atomic mass is 9.95. The Bertz CT molecular complexity index is 601. The summed E-state index contributed by atoms with van der Waals surface area (Å²) in [5.41, 5.74) is 5.33. The van der Waals surface area contributed by atoms with E-state index in [9.17, 15) is 24.0 Å². The minimum absolute atomic E-state index is 0.221. The minimum Gasteiger partial charge on any atom is -0.346 e. The van der Waals surface area contributed by atoms with E-state index in [1.54, 1.807) is 13.8 Å². The Balaban J connectivity index is 2.87. The van der Waals surface area contributed by atoms with Gasteiger partial charge in [-0.2, -0.15) is 0 Å². The van der Waals surface area contributed by atoms with Gasteiger partial charge in [0.1, 0.15) is 17.8 Å². The van der Waals surface area contributed by atoms with Gasteiger partial charge in [0.2, 0.25) is 11.8 Å². The first-order valence-electron chi connectivity index (χ1n) is 7.96. The second-order valence-corrected chi connectivity index (χ2v) is 6.20. The largest absolute Gasteiger partial charge is 0.346 e. The molecule has 0 aromatic rings. The molecule has 4 N–H and O–H groups in total. The maximum Gasteiger partial charge on any atom is 0.254 e. The molecule has 1 aliphatic rings. The van der Waals surface area contributed by atoms with Gasteiger partial charge in [-0.1, -0.05) is 13.8 Å². The second-order valence-electron chi connectivity index (χ2n) is 6.20. The molecular weight excluding hydrogens is 327 g/mol. The average Bonchev–Trinajstić information content (AvgIpc) is 2.85. The van der Waals surface area contributed by atoms with Crippen molar-refractivity contribution in [2.75, 3.05) is 6.54 Å². The van der Waals surface area contributed by atoms with E-state index in [4.69, 9.17) is 5.73 Å². The van der Waals surface area contributed by atoms with Gasteiger partial charge >= 0.3 is 0 Å². The average molecular weight is 350 g/mol. The number of rotatable bonds is 8. The van der Waals surface area contributed by atoms with E-state index in [0.29, 0.717) is 0 Å². The van der Waals surface area contributed by atoms with Crippen LogP contribution in [0.25, 0.3) is 0 Å². The molecule has 0 aliphatic carbocycles. The van der Waals surface area contributed by atoms with Crippen LogP contribution < -0.4 is 16.4 Å². The third-order valence-corrected chi connectivity index (χ3v) is 3.90. The summed E-state index contributed by atoms with van der Waals surface area (Å²) in [7, 11) is 1.34. The van der Waals surface area contributed by atoms with Gasteiger partial charge in [0.15, 0.2) is 7.85 Å². The van der Waals surface area contributed by atoms with Crippen LogP contribution in [-0.2, 0) is 24.0 Å². The molecule has 10 heteroatoms. The van der Waals surface area contributed by atoms with Crippen LogP contribution in [0.4, 0.5) is 0 Å². The number of nitrogens with one attached hydrogen (secondary N) is 2. The van der Waals surface area contributed by atoms with Crippen molar-refractivity contribution in [3.05, 3.63) is 12.2 Å². The molecule has 0 saturated carbocycles. The molecule has 0 saturated heterocycles. The zero-order valence-corrected chi connectivity index (χ0v) is 14.7. The molecule has 4 amide bonds. The maximum absolute atomic E-state index is 12.5. The van der Waals surface area contributed by atoms with Crippen molar-refractivity contribution in [3.63, 3.8) is 0 Å². The van der Waals surface area contributed by atoms with Crippen LogP contribution in [0.3, 0.4) is 0 Å². The number of nitrogens with two attached hydrogens (primary N) is 1. The van der Waals surface area contributed by atoms with E-state index < -0.39 is 41.8 Å². The first-order chi connectivity index (χ1) is 11.6. The zero-order valence-electron chi connectivity index (χ0n) is 14.7. The van der Waals surface area contributed by atoms with E-state index in [-0.39, 0.29) is 18.1 Å². The van der Waals surface area contributed by atoms with Crippen molar-refractivity contribution < 1.29 is 24.0 Å². The number of carbonyl (C=O) groups excluding carboxylic acids is 5. The van der Waals surface area contributed by atoms with Crippen LogP contribution in [0, 0.1) is 5.92 Å². The molecule has 3 atom stereocenters. The molecule has 0 spiro atoms. The second kappa shape index (κ2) is 8.56. The van der Waals surface area contributed by atoms with Crippen LogP contribution in [0.5, 0.6) is 0 Å². The fraction of sp³-hybridized carbons (Fsp3) is 0.533. The number of nitrogens with zero attached hydrogens (tertiary/aromatic N) is 1. The summed E-state index contributed by atoms with van der Waals surface area (Å²) in [4.78, 5) is 60.3. The molecule has 0 bridgehead atoms. The van der Waals surface area contributed by atoms with Crippen LogP contribution in [0.1, 0.15) is 20.8 Å². The Morgan fingerprint density at radius 2 is 1.60 bits per heavy atom. The molecule has 2 unspecified atom stereocenters. The smallest absolute Gasteiger partial charge is 0.254 e. The third kappa shape index (κ3) is 4.99. The number of hydrogen-bond acceptors (Lipinski definition) is 6. The predicted molar refractivity (Wildman–Crippen MR) is 91.8 cm³/mol. The van der Waals surface area contributed by atoms with Crippen molar-refractivity contribution in [2.45, 2.75) is 38.9 Å². The molecule has 0 radical (unpaired) electrons. The number of imide groups is 1. The number of amides is 4. The Kier molecular flexibility index (Phi) is 7.04. The zero-order chi connectivity index (χ0) is 19.3. The fourth-order valence-corrected chi connectivity index (χ4v) is 2.24. The van der Waals surface area contributed by atoms with Crippen LogP contribution >= 0.6 is 0 Å². The van der Waals surface area contributed by atoms with Gasteiger partial charge in [0.25, 0.3) is 11.8 Å². The molecule has 1 aliphatic heterocycles. The van der Waals surface area contributed by atoms with Gasteiger partial charge in [-0.25, -0.2) is 0 Å². The third-order valence-electron chi connectivity index (χ3n) is 3.90. The Morgan fingerprint density at radius 3 is 2.00 bits per heavy atom. The highest BCUT2D eigenvalue weighted by atomic mass is 16.2. The Morgan fingerprint density at radius 1 is 1.08 bits per heavy atom. The van der Waals surface area contributed by atoms with Gasteiger partial charge in [-0.05, 0) is 12.8 Å². The summed E-state index contributed by atoms with van der Waals surface area (Å²) < 4.78 is 0. The first kappa shape index (κ1) is 20.6. The molecule has 1 heterocycles. The Labute approximate surface area is 146 Å². The highest BCUT2D eigenvalue weighted by molar-refractivity contribution is 6.59. The van der Waals surface area contributed by atoms with Gasteiger partial charge < -0.3 is 21.2 Å². The topological polar surface area (TPSA) is 139 Å². The molecular formula is C15H23BN4O5. The number of hydrogen-bond donors (Lipinski definition) is 3. The monoisotopic (exact) mass is 350 g/mol. The molecule has 136 valence electrons. The van der Waals surface area contributed by atoms with Gasteiger partial charge in [0.05, 0.1) is 6.04 Å². The normalized spacial score (nSPS) is 17.4. The predicted octanol–water partition coefficient (Wildman–Crippen LogP) is -2.96. The number of carbonyl (C=O) groups is 5. The van der Waals surface area contributed by atoms with Gasteiger partial charge in [-0.15, -0.1) is 0 Å². The van der Waals surface area contributed by atoms with Crippen molar-refractivity contribution in [1.29, 1.82) is 0 Å². The van der Waals surface area contributed by atoms with E-state index in [1.807, 2.05) is 0 Å². The van der Waals surface area contributed by atoms with Crippen molar-refractivity contribution in [2.24, 2.45) is 11.7 Å². The van der Waals surface area contributed by atoms with Crippen LogP contribution in [0.2, 0.25) is 0 Å². The van der Waals surface area contributed by atoms with Crippen LogP contribution in [-0.4, -0.2) is 66.7 Å². The summed E-state index contributed by atoms with van der Waals surface area (Å²) in [6.07, 6.45) is 2.11. The lowest BCUT2D eigenvalue weighted by Crippen LogP contribution is -2.59. The van der Waals surface area contributed by atoms with Gasteiger partial charge in [0, 0.05) is 18.7 Å². The Hall–Kier alpha value is -2.49. The van der Waals surface area contributed by atoms with Crippen LogP contribution in [0.15, 0.2) is 12.2 Å². The fourth-order valence-electron chi connectivity index (χ4n) is 2.24. The summed E-state index contributed by atoms with van der Waals surface area (Å²) in [5.74, 6) is -2.79. The SMILES string of the molecule is BC(=O)[C@H](C)NC(=O)C(NC(=O)C(CN)N1C(=O)C=CC1=O)C(C)C. The summed E-state index contributed by atoms with van der Waals surface area (Å²) in [5, 5.41) is 5.03. The molecule has 0 aromatic heterocycles. The molecule has 25 heavy (non-hydrogen) atoms. The molecule has 1 rings (SSSR count). The standard InChI is InChI=1S/C15H23BN4O5/c1-7(2)12(15(25)18-8(3)13(16)23)19-14(24)9(6-17)20-10(21)4-5-11(20)22/h4-5,7-9,12H,6,16-17H2,1-3H3,(H,18,25)(H,19,24)/t8-,9?,12?/m0/s1. The summed E-state index contributed by atoms with van der Waals surface area (Å²) >= 11 is 0. The minimum atomic E-state index is -1.21. The highest BCUT2D eigenvalue weighted by Crippen LogP contribution is 2.10. The van der Waals surface area contributed by atoms with E-state index in [2.05, 4.69) is 10.6 Å². The van der Waals surface area contributed by atoms with Crippen molar-refractivity contribution in [3.8, 4) is 0 Å². The summed E-state index contributed by atoms with van der Waals surface area (Å²) in [6.45, 7) is 4.69. The molecule has 9 nitrogen and oxygen atoms in total. The lowest BCUT2D eigenvalue weighted by Gasteiger charge is -2.28. The van der Waals surface area contributed by atoms with Gasteiger partial charge in [-0.3, -0.25) is 24.1 Å². The molecule has 0 fully saturated rings. The molecule has 0 aromatic carbocycles.